The summed E-state index contributed by atoms with van der Waals surface area (Å²) in [6.07, 6.45) is 0. The van der Waals surface area contributed by atoms with Gasteiger partial charge in [-0.25, -0.2) is 9.78 Å². The first-order chi connectivity index (χ1) is 9.56. The standard InChI is InChI=1S/C16H14N2O2/c1-10-3-8-14-13(9-10)17-15(18(14)2)11-4-6-12(7-5-11)16(19)20/h3-9H,1-2H3,(H,19,20). The van der Waals surface area contributed by atoms with Crippen LogP contribution in [0.4, 0.5) is 0 Å². The molecule has 1 heterocycles. The quantitative estimate of drug-likeness (QED) is 0.774. The molecular weight excluding hydrogens is 252 g/mol. The largest absolute Gasteiger partial charge is 0.478 e. The maximum absolute atomic E-state index is 10.9. The summed E-state index contributed by atoms with van der Waals surface area (Å²) in [5, 5.41) is 8.92. The minimum Gasteiger partial charge on any atom is -0.478 e. The van der Waals surface area contributed by atoms with Crippen molar-refractivity contribution in [1.29, 1.82) is 0 Å². The van der Waals surface area contributed by atoms with Gasteiger partial charge in [0, 0.05) is 12.6 Å². The minimum absolute atomic E-state index is 0.281. The highest BCUT2D eigenvalue weighted by molar-refractivity contribution is 5.88. The van der Waals surface area contributed by atoms with E-state index in [1.54, 1.807) is 24.3 Å². The van der Waals surface area contributed by atoms with Crippen molar-refractivity contribution < 1.29 is 9.90 Å². The maximum atomic E-state index is 10.9. The summed E-state index contributed by atoms with van der Waals surface area (Å²) in [5.41, 5.74) is 4.37. The van der Waals surface area contributed by atoms with Gasteiger partial charge in [0.1, 0.15) is 5.82 Å². The zero-order valence-electron chi connectivity index (χ0n) is 11.3. The molecule has 1 aromatic heterocycles. The average molecular weight is 266 g/mol. The smallest absolute Gasteiger partial charge is 0.335 e. The van der Waals surface area contributed by atoms with Gasteiger partial charge in [0.25, 0.3) is 0 Å². The van der Waals surface area contributed by atoms with Gasteiger partial charge < -0.3 is 9.67 Å². The Hall–Kier alpha value is -2.62. The van der Waals surface area contributed by atoms with Crippen LogP contribution in [0, 0.1) is 6.92 Å². The number of benzene rings is 2. The highest BCUT2D eigenvalue weighted by Gasteiger charge is 2.10. The van der Waals surface area contributed by atoms with E-state index in [1.807, 2.05) is 30.7 Å². The number of carboxylic acids is 1. The third-order valence-electron chi connectivity index (χ3n) is 3.43. The van der Waals surface area contributed by atoms with Crippen LogP contribution >= 0.6 is 0 Å². The number of aryl methyl sites for hydroxylation is 2. The first-order valence-electron chi connectivity index (χ1n) is 6.33. The minimum atomic E-state index is -0.919. The first kappa shape index (κ1) is 12.4. The van der Waals surface area contributed by atoms with Crippen molar-refractivity contribution >= 4 is 17.0 Å². The molecule has 0 fully saturated rings. The first-order valence-corrected chi connectivity index (χ1v) is 6.33. The lowest BCUT2D eigenvalue weighted by Crippen LogP contribution is -1.96. The highest BCUT2D eigenvalue weighted by atomic mass is 16.4. The molecule has 4 heteroatoms. The monoisotopic (exact) mass is 266 g/mol. The Morgan fingerprint density at radius 2 is 1.85 bits per heavy atom. The number of fused-ring (bicyclic) bond motifs is 1. The normalized spacial score (nSPS) is 10.9. The number of hydrogen-bond acceptors (Lipinski definition) is 2. The molecule has 0 saturated heterocycles. The Balaban J connectivity index is 2.14. The van der Waals surface area contributed by atoms with Gasteiger partial charge in [-0.15, -0.1) is 0 Å². The fourth-order valence-electron chi connectivity index (χ4n) is 2.33. The topological polar surface area (TPSA) is 55.1 Å². The molecule has 0 atom stereocenters. The molecule has 0 amide bonds. The van der Waals surface area contributed by atoms with E-state index in [0.717, 1.165) is 22.4 Å². The number of carboxylic acid groups (broad SMARTS) is 1. The van der Waals surface area contributed by atoms with Gasteiger partial charge in [-0.1, -0.05) is 18.2 Å². The van der Waals surface area contributed by atoms with Crippen LogP contribution < -0.4 is 0 Å². The lowest BCUT2D eigenvalue weighted by Gasteiger charge is -2.03. The number of aromatic nitrogens is 2. The van der Waals surface area contributed by atoms with E-state index >= 15 is 0 Å². The molecule has 0 spiro atoms. The van der Waals surface area contributed by atoms with Crippen LogP contribution in [0.2, 0.25) is 0 Å². The Morgan fingerprint density at radius 3 is 2.50 bits per heavy atom. The van der Waals surface area contributed by atoms with E-state index in [2.05, 4.69) is 11.1 Å². The number of nitrogens with zero attached hydrogens (tertiary/aromatic N) is 2. The van der Waals surface area contributed by atoms with Crippen LogP contribution in [0.15, 0.2) is 42.5 Å². The van der Waals surface area contributed by atoms with Crippen LogP contribution in [-0.2, 0) is 7.05 Å². The lowest BCUT2D eigenvalue weighted by atomic mass is 10.1. The third-order valence-corrected chi connectivity index (χ3v) is 3.43. The van der Waals surface area contributed by atoms with Gasteiger partial charge in [-0.05, 0) is 36.8 Å². The van der Waals surface area contributed by atoms with Crippen LogP contribution in [0.1, 0.15) is 15.9 Å². The Bertz CT molecular complexity index is 801. The van der Waals surface area contributed by atoms with Crippen molar-refractivity contribution in [2.24, 2.45) is 7.05 Å². The van der Waals surface area contributed by atoms with Crippen molar-refractivity contribution in [3.05, 3.63) is 53.6 Å². The van der Waals surface area contributed by atoms with E-state index in [-0.39, 0.29) is 5.56 Å². The van der Waals surface area contributed by atoms with E-state index in [0.29, 0.717) is 0 Å². The summed E-state index contributed by atoms with van der Waals surface area (Å²) >= 11 is 0. The summed E-state index contributed by atoms with van der Waals surface area (Å²) in [4.78, 5) is 15.5. The molecule has 0 aliphatic carbocycles. The van der Waals surface area contributed by atoms with Gasteiger partial charge in [0.2, 0.25) is 0 Å². The van der Waals surface area contributed by atoms with Crippen molar-refractivity contribution in [2.45, 2.75) is 6.92 Å². The van der Waals surface area contributed by atoms with Crippen molar-refractivity contribution in [2.75, 3.05) is 0 Å². The molecule has 3 aromatic rings. The van der Waals surface area contributed by atoms with Gasteiger partial charge in [0.15, 0.2) is 0 Å². The Morgan fingerprint density at radius 1 is 1.15 bits per heavy atom. The van der Waals surface area contributed by atoms with E-state index in [9.17, 15) is 4.79 Å². The van der Waals surface area contributed by atoms with Gasteiger partial charge in [-0.2, -0.15) is 0 Å². The van der Waals surface area contributed by atoms with Gasteiger partial charge in [0.05, 0.1) is 16.6 Å². The molecule has 20 heavy (non-hydrogen) atoms. The Labute approximate surface area is 116 Å². The van der Waals surface area contributed by atoms with Crippen LogP contribution in [0.5, 0.6) is 0 Å². The average Bonchev–Trinajstić information content (AvgIpc) is 2.75. The SMILES string of the molecule is Cc1ccc2c(c1)nc(-c1ccc(C(=O)O)cc1)n2C. The predicted molar refractivity (Wildman–Crippen MR) is 77.8 cm³/mol. The fourth-order valence-corrected chi connectivity index (χ4v) is 2.33. The van der Waals surface area contributed by atoms with Crippen LogP contribution in [-0.4, -0.2) is 20.6 Å². The van der Waals surface area contributed by atoms with Gasteiger partial charge in [-0.3, -0.25) is 0 Å². The second-order valence-corrected chi connectivity index (χ2v) is 4.87. The zero-order valence-corrected chi connectivity index (χ0v) is 11.3. The molecule has 0 radical (unpaired) electrons. The highest BCUT2D eigenvalue weighted by Crippen LogP contribution is 2.24. The second-order valence-electron chi connectivity index (χ2n) is 4.87. The van der Waals surface area contributed by atoms with E-state index in [4.69, 9.17) is 5.11 Å². The van der Waals surface area contributed by atoms with E-state index < -0.39 is 5.97 Å². The summed E-state index contributed by atoms with van der Waals surface area (Å²) in [5.74, 6) is -0.0836. The summed E-state index contributed by atoms with van der Waals surface area (Å²) in [6.45, 7) is 2.04. The molecule has 4 nitrogen and oxygen atoms in total. The molecule has 0 saturated carbocycles. The van der Waals surface area contributed by atoms with E-state index in [1.165, 1.54) is 5.56 Å². The van der Waals surface area contributed by atoms with Crippen molar-refractivity contribution in [1.82, 2.24) is 9.55 Å². The number of hydrogen-bond donors (Lipinski definition) is 1. The van der Waals surface area contributed by atoms with Crippen LogP contribution in [0.25, 0.3) is 22.4 Å². The second kappa shape index (κ2) is 4.49. The molecule has 0 aliphatic rings. The van der Waals surface area contributed by atoms with Crippen LogP contribution in [0.3, 0.4) is 0 Å². The number of aromatic carboxylic acids is 1. The molecular formula is C16H14N2O2. The molecule has 0 unspecified atom stereocenters. The Kier molecular flexibility index (Phi) is 2.79. The lowest BCUT2D eigenvalue weighted by molar-refractivity contribution is 0.0697. The molecule has 1 N–H and O–H groups in total. The zero-order chi connectivity index (χ0) is 14.3. The molecule has 0 aliphatic heterocycles. The molecule has 3 rings (SSSR count). The number of rotatable bonds is 2. The van der Waals surface area contributed by atoms with Gasteiger partial charge >= 0.3 is 5.97 Å². The molecule has 100 valence electrons. The summed E-state index contributed by atoms with van der Waals surface area (Å²) in [7, 11) is 1.96. The fraction of sp³-hybridized carbons (Fsp3) is 0.125. The predicted octanol–water partition coefficient (Wildman–Crippen LogP) is 3.25. The summed E-state index contributed by atoms with van der Waals surface area (Å²) < 4.78 is 2.02. The van der Waals surface area contributed by atoms with Crippen molar-refractivity contribution in [3.63, 3.8) is 0 Å². The van der Waals surface area contributed by atoms with Crippen molar-refractivity contribution in [3.8, 4) is 11.4 Å². The third kappa shape index (κ3) is 1.95. The molecule has 0 bridgehead atoms. The summed E-state index contributed by atoms with van der Waals surface area (Å²) in [6, 6.07) is 12.9. The maximum Gasteiger partial charge on any atom is 0.335 e. The molecule has 2 aromatic carbocycles. The number of imidazole rings is 1. The number of carbonyl (C=O) groups is 1.